The fraction of sp³-hybridized carbons (Fsp3) is 0.485. The summed E-state index contributed by atoms with van der Waals surface area (Å²) in [6.45, 7) is 8.18. The van der Waals surface area contributed by atoms with Crippen molar-refractivity contribution in [1.29, 1.82) is 0 Å². The maximum Gasteiger partial charge on any atom is 0.334 e. The second-order valence-corrected chi connectivity index (χ2v) is 12.2. The standard InChI is InChI=1S/C33H42N4O6/c1-32(2)42-21-33(3,22-43-32)20-34-29-27-8-6-7-9-28(27)35-31(30(29)37(38)39)36(18-23-10-14-25(40-4)15-11-23)19-24-12-16-26(41-5)17-13-24/h10-17H,6-9,18-22H2,1-5H3,(H,34,35). The van der Waals surface area contributed by atoms with Gasteiger partial charge in [0.15, 0.2) is 5.79 Å². The van der Waals surface area contributed by atoms with Gasteiger partial charge in [-0.3, -0.25) is 10.1 Å². The second-order valence-electron chi connectivity index (χ2n) is 12.2. The van der Waals surface area contributed by atoms with Crippen LogP contribution in [0.5, 0.6) is 11.5 Å². The average Bonchev–Trinajstić information content (AvgIpc) is 3.01. The van der Waals surface area contributed by atoms with Crippen LogP contribution in [0.4, 0.5) is 17.2 Å². The summed E-state index contributed by atoms with van der Waals surface area (Å²) in [7, 11) is 3.26. The number of methoxy groups -OCH3 is 2. The number of aryl methyl sites for hydroxylation is 1. The van der Waals surface area contributed by atoms with Crippen LogP contribution in [0.15, 0.2) is 48.5 Å². The Labute approximate surface area is 253 Å². The molecule has 230 valence electrons. The summed E-state index contributed by atoms with van der Waals surface area (Å²) in [5.41, 5.74) is 4.06. The van der Waals surface area contributed by atoms with Gasteiger partial charge in [0.05, 0.1) is 32.4 Å². The van der Waals surface area contributed by atoms with Crippen molar-refractivity contribution in [2.24, 2.45) is 5.41 Å². The average molecular weight is 591 g/mol. The predicted octanol–water partition coefficient (Wildman–Crippen LogP) is 6.29. The van der Waals surface area contributed by atoms with Crippen LogP contribution in [0.3, 0.4) is 0 Å². The van der Waals surface area contributed by atoms with E-state index in [-0.39, 0.29) is 16.0 Å². The van der Waals surface area contributed by atoms with Gasteiger partial charge in [0.1, 0.15) is 17.2 Å². The van der Waals surface area contributed by atoms with Crippen LogP contribution in [-0.2, 0) is 35.4 Å². The van der Waals surface area contributed by atoms with Crippen molar-refractivity contribution in [1.82, 2.24) is 4.98 Å². The first-order chi connectivity index (χ1) is 20.6. The van der Waals surface area contributed by atoms with E-state index in [0.29, 0.717) is 44.4 Å². The molecule has 1 aliphatic carbocycles. The number of ether oxygens (including phenoxy) is 4. The Hall–Kier alpha value is -3.89. The number of nitrogens with zero attached hydrogens (tertiary/aromatic N) is 3. The molecule has 43 heavy (non-hydrogen) atoms. The zero-order valence-corrected chi connectivity index (χ0v) is 25.8. The van der Waals surface area contributed by atoms with E-state index in [1.165, 1.54) is 0 Å². The van der Waals surface area contributed by atoms with Gasteiger partial charge in [0.2, 0.25) is 5.82 Å². The van der Waals surface area contributed by atoms with Gasteiger partial charge in [0, 0.05) is 36.3 Å². The van der Waals surface area contributed by atoms with E-state index in [1.54, 1.807) is 14.2 Å². The molecular weight excluding hydrogens is 548 g/mol. The van der Waals surface area contributed by atoms with Crippen LogP contribution in [0.1, 0.15) is 56.0 Å². The molecule has 2 aromatic carbocycles. The molecule has 1 aliphatic heterocycles. The Bertz CT molecular complexity index is 1370. The molecule has 10 nitrogen and oxygen atoms in total. The minimum absolute atomic E-state index is 0.00393. The van der Waals surface area contributed by atoms with Gasteiger partial charge >= 0.3 is 5.69 Å². The smallest absolute Gasteiger partial charge is 0.334 e. The predicted molar refractivity (Wildman–Crippen MR) is 166 cm³/mol. The molecule has 2 aliphatic rings. The summed E-state index contributed by atoms with van der Waals surface area (Å²) in [5.74, 6) is 1.23. The molecular formula is C33H42N4O6. The van der Waals surface area contributed by atoms with E-state index in [4.69, 9.17) is 23.9 Å². The lowest BCUT2D eigenvalue weighted by molar-refractivity contribution is -0.383. The number of aromatic nitrogens is 1. The minimum atomic E-state index is -0.641. The van der Waals surface area contributed by atoms with Crippen molar-refractivity contribution < 1.29 is 23.9 Å². The Kier molecular flexibility index (Phi) is 9.08. The van der Waals surface area contributed by atoms with Crippen molar-refractivity contribution in [2.45, 2.75) is 65.3 Å². The highest BCUT2D eigenvalue weighted by molar-refractivity contribution is 5.78. The fourth-order valence-corrected chi connectivity index (χ4v) is 5.59. The van der Waals surface area contributed by atoms with Crippen LogP contribution >= 0.6 is 0 Å². The van der Waals surface area contributed by atoms with E-state index in [2.05, 4.69) is 12.2 Å². The number of nitro groups is 1. The van der Waals surface area contributed by atoms with Crippen LogP contribution in [0.2, 0.25) is 0 Å². The molecule has 0 saturated carbocycles. The monoisotopic (exact) mass is 590 g/mol. The first-order valence-electron chi connectivity index (χ1n) is 14.8. The van der Waals surface area contributed by atoms with Gasteiger partial charge in [-0.25, -0.2) is 4.98 Å². The van der Waals surface area contributed by atoms with Crippen LogP contribution in [0.25, 0.3) is 0 Å². The number of hydrogen-bond donors (Lipinski definition) is 1. The topological polar surface area (TPSA) is 108 Å². The molecule has 0 radical (unpaired) electrons. The summed E-state index contributed by atoms with van der Waals surface area (Å²) >= 11 is 0. The molecule has 3 aromatic rings. The van der Waals surface area contributed by atoms with Gasteiger partial charge in [-0.15, -0.1) is 0 Å². The Balaban J connectivity index is 1.56. The highest BCUT2D eigenvalue weighted by Crippen LogP contribution is 2.43. The molecule has 0 unspecified atom stereocenters. The van der Waals surface area contributed by atoms with E-state index in [9.17, 15) is 10.1 Å². The van der Waals surface area contributed by atoms with Gasteiger partial charge in [-0.1, -0.05) is 31.2 Å². The minimum Gasteiger partial charge on any atom is -0.497 e. The third-order valence-electron chi connectivity index (χ3n) is 8.21. The summed E-state index contributed by atoms with van der Waals surface area (Å²) in [4.78, 5) is 19.7. The normalized spacial score (nSPS) is 17.0. The molecule has 0 atom stereocenters. The second kappa shape index (κ2) is 12.8. The molecule has 0 bridgehead atoms. The molecule has 0 amide bonds. The molecule has 2 heterocycles. The van der Waals surface area contributed by atoms with Gasteiger partial charge in [-0.05, 0) is 74.9 Å². The third kappa shape index (κ3) is 7.19. The molecule has 1 fully saturated rings. The third-order valence-corrected chi connectivity index (χ3v) is 8.21. The van der Waals surface area contributed by atoms with Crippen LogP contribution in [0, 0.1) is 15.5 Å². The summed E-state index contributed by atoms with van der Waals surface area (Å²) in [6, 6.07) is 15.5. The fourth-order valence-electron chi connectivity index (χ4n) is 5.59. The van der Waals surface area contributed by atoms with Gasteiger partial charge in [-0.2, -0.15) is 0 Å². The quantitative estimate of drug-likeness (QED) is 0.203. The van der Waals surface area contributed by atoms with E-state index < -0.39 is 5.79 Å². The number of pyridine rings is 1. The van der Waals surface area contributed by atoms with Gasteiger partial charge < -0.3 is 29.2 Å². The molecule has 1 N–H and O–H groups in total. The number of fused-ring (bicyclic) bond motifs is 1. The molecule has 5 rings (SSSR count). The molecule has 10 heteroatoms. The van der Waals surface area contributed by atoms with Crippen molar-refractivity contribution in [3.63, 3.8) is 0 Å². The Morgan fingerprint density at radius 1 is 0.907 bits per heavy atom. The SMILES string of the molecule is COc1ccc(CN(Cc2ccc(OC)cc2)c2nc3c(c(NCC4(C)COC(C)(C)OC4)c2[N+](=O)[O-])CCCC3)cc1. The van der Waals surface area contributed by atoms with E-state index >= 15 is 0 Å². The van der Waals surface area contributed by atoms with Crippen LogP contribution < -0.4 is 19.7 Å². The van der Waals surface area contributed by atoms with Crippen molar-refractivity contribution >= 4 is 17.2 Å². The first-order valence-corrected chi connectivity index (χ1v) is 14.8. The highest BCUT2D eigenvalue weighted by atomic mass is 16.7. The highest BCUT2D eigenvalue weighted by Gasteiger charge is 2.38. The largest absolute Gasteiger partial charge is 0.497 e. The lowest BCUT2D eigenvalue weighted by atomic mass is 9.90. The zero-order valence-electron chi connectivity index (χ0n) is 25.8. The number of nitrogens with one attached hydrogen (secondary N) is 1. The lowest BCUT2D eigenvalue weighted by Crippen LogP contribution is -2.48. The maximum atomic E-state index is 12.9. The van der Waals surface area contributed by atoms with Crippen molar-refractivity contribution in [2.75, 3.05) is 44.2 Å². The van der Waals surface area contributed by atoms with Crippen LogP contribution in [-0.4, -0.2) is 49.7 Å². The van der Waals surface area contributed by atoms with E-state index in [0.717, 1.165) is 59.6 Å². The molecule has 0 spiro atoms. The number of anilines is 2. The first kappa shape index (κ1) is 30.6. The van der Waals surface area contributed by atoms with Gasteiger partial charge in [0.25, 0.3) is 0 Å². The number of rotatable bonds is 11. The summed E-state index contributed by atoms with van der Waals surface area (Å²) in [5, 5.41) is 16.4. The number of benzene rings is 2. The van der Waals surface area contributed by atoms with Crippen molar-refractivity contribution in [3.8, 4) is 11.5 Å². The zero-order chi connectivity index (χ0) is 30.6. The Morgan fingerprint density at radius 3 is 1.95 bits per heavy atom. The lowest BCUT2D eigenvalue weighted by Gasteiger charge is -2.41. The molecule has 1 aromatic heterocycles. The number of hydrogen-bond acceptors (Lipinski definition) is 9. The molecule has 1 saturated heterocycles. The summed E-state index contributed by atoms with van der Waals surface area (Å²) in [6.07, 6.45) is 3.51. The summed E-state index contributed by atoms with van der Waals surface area (Å²) < 4.78 is 22.6. The van der Waals surface area contributed by atoms with E-state index in [1.807, 2.05) is 67.3 Å². The maximum absolute atomic E-state index is 12.9. The Morgan fingerprint density at radius 2 is 1.44 bits per heavy atom. The van der Waals surface area contributed by atoms with Crippen molar-refractivity contribution in [3.05, 3.63) is 81.0 Å².